The molecule has 3 aromatic carbocycles. The van der Waals surface area contributed by atoms with E-state index >= 15 is 0 Å². The second kappa shape index (κ2) is 13.0. The SMILES string of the molecule is COc1ccc(Cl)c(Nc2nc3ccccc3nc2N(c2cccc(C(=O)N=[N+]=NC3CCCN(C)C3)c2)[SH](=O)=O)c1. The quantitative estimate of drug-likeness (QED) is 0.163. The normalized spacial score (nSPS) is 15.2. The van der Waals surface area contributed by atoms with Crippen LogP contribution < -0.4 is 19.3 Å². The summed E-state index contributed by atoms with van der Waals surface area (Å²) in [5.74, 6) is -0.0226. The van der Waals surface area contributed by atoms with Crippen LogP contribution >= 0.6 is 11.6 Å². The Labute approximate surface area is 248 Å². The summed E-state index contributed by atoms with van der Waals surface area (Å²) in [5, 5.41) is 11.4. The summed E-state index contributed by atoms with van der Waals surface area (Å²) < 4.78 is 31.8. The molecule has 4 aromatic rings. The molecule has 1 aliphatic heterocycles. The van der Waals surface area contributed by atoms with Crippen molar-refractivity contribution in [3.8, 4) is 5.75 Å². The molecular weight excluding hydrogens is 580 g/mol. The topological polar surface area (TPSA) is 144 Å². The van der Waals surface area contributed by atoms with E-state index in [0.29, 0.717) is 27.5 Å². The fourth-order valence-electron chi connectivity index (χ4n) is 4.57. The van der Waals surface area contributed by atoms with E-state index in [1.165, 1.54) is 19.2 Å². The highest BCUT2D eigenvalue weighted by molar-refractivity contribution is 7.74. The molecule has 12 nitrogen and oxygen atoms in total. The first-order valence-electron chi connectivity index (χ1n) is 13.1. The fourth-order valence-corrected chi connectivity index (χ4v) is 5.34. The number of methoxy groups -OCH3 is 1. The van der Waals surface area contributed by atoms with Gasteiger partial charge < -0.3 is 15.0 Å². The molecule has 5 rings (SSSR count). The second-order valence-electron chi connectivity index (χ2n) is 9.62. The number of anilines is 4. The lowest BCUT2D eigenvalue weighted by molar-refractivity contribution is 0.0992. The van der Waals surface area contributed by atoms with Crippen LogP contribution in [0, 0.1) is 0 Å². The third kappa shape index (κ3) is 6.72. The van der Waals surface area contributed by atoms with Gasteiger partial charge in [-0.3, -0.25) is 4.79 Å². The van der Waals surface area contributed by atoms with Gasteiger partial charge in [-0.25, -0.2) is 22.7 Å². The maximum atomic E-state index is 12.8. The zero-order chi connectivity index (χ0) is 29.6. The van der Waals surface area contributed by atoms with E-state index in [4.69, 9.17) is 16.3 Å². The number of fused-ring (bicyclic) bond motifs is 1. The largest absolute Gasteiger partial charge is 0.497 e. The van der Waals surface area contributed by atoms with E-state index in [-0.39, 0.29) is 28.9 Å². The van der Waals surface area contributed by atoms with Crippen molar-refractivity contribution in [1.29, 1.82) is 0 Å². The van der Waals surface area contributed by atoms with Crippen LogP contribution in [0.25, 0.3) is 11.0 Å². The van der Waals surface area contributed by atoms with Crippen LogP contribution in [0.5, 0.6) is 5.75 Å². The Hall–Kier alpha value is -4.42. The number of nitrogens with one attached hydrogen (secondary N) is 1. The first kappa shape index (κ1) is 29.1. The third-order valence-electron chi connectivity index (χ3n) is 6.63. The van der Waals surface area contributed by atoms with Crippen LogP contribution in [0.4, 0.5) is 23.0 Å². The van der Waals surface area contributed by atoms with Crippen molar-refractivity contribution in [3.05, 3.63) is 77.3 Å². The van der Waals surface area contributed by atoms with E-state index in [2.05, 4.69) is 35.3 Å². The summed E-state index contributed by atoms with van der Waals surface area (Å²) in [7, 11) is 0.240. The molecule has 2 heterocycles. The number of likely N-dealkylation sites (tertiary alicyclic amines) is 1. The third-order valence-corrected chi connectivity index (χ3v) is 7.71. The van der Waals surface area contributed by atoms with Crippen LogP contribution in [-0.2, 0) is 10.9 Å². The van der Waals surface area contributed by atoms with Gasteiger partial charge in [0, 0.05) is 12.6 Å². The molecule has 1 fully saturated rings. The highest BCUT2D eigenvalue weighted by Crippen LogP contribution is 2.36. The first-order valence-corrected chi connectivity index (χ1v) is 14.6. The van der Waals surface area contributed by atoms with Gasteiger partial charge in [-0.05, 0) is 68.9 Å². The number of ether oxygens (including phenoxy) is 1. The Bertz CT molecular complexity index is 1770. The Balaban J connectivity index is 1.53. The van der Waals surface area contributed by atoms with Crippen LogP contribution in [0.1, 0.15) is 23.2 Å². The Morgan fingerprint density at radius 3 is 2.64 bits per heavy atom. The summed E-state index contributed by atoms with van der Waals surface area (Å²) >= 11 is 6.42. The van der Waals surface area contributed by atoms with Gasteiger partial charge in [-0.2, -0.15) is 0 Å². The number of carbonyl (C=O) groups excluding carboxylic acids is 1. The van der Waals surface area contributed by atoms with Crippen molar-refractivity contribution >= 4 is 62.4 Å². The molecule has 1 unspecified atom stereocenters. The van der Waals surface area contributed by atoms with Crippen LogP contribution in [0.3, 0.4) is 0 Å². The summed E-state index contributed by atoms with van der Waals surface area (Å²) in [6.07, 6.45) is 1.88. The molecular formula is C28H28ClN8O4S+. The molecule has 14 heteroatoms. The van der Waals surface area contributed by atoms with E-state index in [1.807, 2.05) is 7.05 Å². The number of benzene rings is 3. The van der Waals surface area contributed by atoms with Gasteiger partial charge in [0.15, 0.2) is 11.6 Å². The highest BCUT2D eigenvalue weighted by Gasteiger charge is 2.24. The lowest BCUT2D eigenvalue weighted by Crippen LogP contribution is -2.34. The summed E-state index contributed by atoms with van der Waals surface area (Å²) in [5.41, 5.74) is 1.71. The molecule has 1 saturated heterocycles. The van der Waals surface area contributed by atoms with E-state index in [1.54, 1.807) is 54.6 Å². The molecule has 42 heavy (non-hydrogen) atoms. The van der Waals surface area contributed by atoms with Crippen molar-refractivity contribution in [1.82, 2.24) is 19.8 Å². The lowest BCUT2D eigenvalue weighted by Gasteiger charge is -2.23. The number of halogens is 1. The number of piperidine rings is 1. The molecule has 216 valence electrons. The van der Waals surface area contributed by atoms with Gasteiger partial charge in [0.25, 0.3) is 0 Å². The number of hydrogen-bond acceptors (Lipinski definition) is 9. The summed E-state index contributed by atoms with van der Waals surface area (Å²) in [6.45, 7) is 1.75. The number of amides is 1. The summed E-state index contributed by atoms with van der Waals surface area (Å²) in [4.78, 5) is 28.0. The molecule has 1 aromatic heterocycles. The molecule has 0 saturated carbocycles. The monoisotopic (exact) mass is 607 g/mol. The first-order chi connectivity index (χ1) is 20.3. The van der Waals surface area contributed by atoms with E-state index in [0.717, 1.165) is 30.2 Å². The minimum atomic E-state index is -3.29. The number of likely N-dealkylation sites (N-methyl/N-ethyl adjacent to an activating group) is 1. The van der Waals surface area contributed by atoms with Crippen LogP contribution in [-0.4, -0.2) is 62.5 Å². The number of aromatic nitrogens is 2. The molecule has 1 amide bonds. The number of para-hydroxylation sites is 2. The minimum Gasteiger partial charge on any atom is -0.497 e. The van der Waals surface area contributed by atoms with Gasteiger partial charge >= 0.3 is 5.91 Å². The maximum absolute atomic E-state index is 12.8. The lowest BCUT2D eigenvalue weighted by atomic mass is 10.1. The van der Waals surface area contributed by atoms with Crippen molar-refractivity contribution in [3.63, 3.8) is 0 Å². The summed E-state index contributed by atoms with van der Waals surface area (Å²) in [6, 6.07) is 18.0. The molecule has 0 radical (unpaired) electrons. The van der Waals surface area contributed by atoms with Gasteiger partial charge in [0.1, 0.15) is 16.9 Å². The van der Waals surface area contributed by atoms with E-state index in [9.17, 15) is 13.2 Å². The minimum absolute atomic E-state index is 0.0219. The Kier molecular flexibility index (Phi) is 9.03. The average Bonchev–Trinajstić information content (AvgIpc) is 2.98. The molecule has 0 spiro atoms. The van der Waals surface area contributed by atoms with Crippen molar-refractivity contribution in [2.45, 2.75) is 18.9 Å². The van der Waals surface area contributed by atoms with Gasteiger partial charge in [0.2, 0.25) is 20.9 Å². The standard InChI is InChI=1S/C28H27ClN8O4S/c1-36-14-6-8-19(17-36)33-35-34-28(38)18-7-5-9-20(15-18)37(42(39)40)27-26(30-23-10-3-4-11-24(23)32-27)31-25-16-21(41-2)12-13-22(25)29/h3-5,7,9-13,15-16,19,42H,6,8,14,17H2,1-2H3/p+1. The van der Waals surface area contributed by atoms with Crippen molar-refractivity contribution < 1.29 is 17.9 Å². The predicted octanol–water partition coefficient (Wildman–Crippen LogP) is 4.91. The Morgan fingerprint density at radius 2 is 1.90 bits per heavy atom. The van der Waals surface area contributed by atoms with Crippen LogP contribution in [0.15, 0.2) is 77.0 Å². The average molecular weight is 608 g/mol. The molecule has 1 N–H and O–H groups in total. The highest BCUT2D eigenvalue weighted by atomic mass is 35.5. The smallest absolute Gasteiger partial charge is 0.360 e. The van der Waals surface area contributed by atoms with E-state index < -0.39 is 16.8 Å². The maximum Gasteiger partial charge on any atom is 0.360 e. The number of carbonyl (C=O) groups is 1. The Morgan fingerprint density at radius 1 is 1.12 bits per heavy atom. The zero-order valence-electron chi connectivity index (χ0n) is 22.8. The predicted molar refractivity (Wildman–Crippen MR) is 162 cm³/mol. The van der Waals surface area contributed by atoms with Crippen LogP contribution in [0.2, 0.25) is 5.02 Å². The van der Waals surface area contributed by atoms with Crippen molar-refractivity contribution in [2.75, 3.05) is 36.9 Å². The zero-order valence-corrected chi connectivity index (χ0v) is 24.5. The van der Waals surface area contributed by atoms with Gasteiger partial charge in [-0.1, -0.05) is 29.8 Å². The number of thiol groups is 1. The number of nitrogens with zero attached hydrogens (tertiary/aromatic N) is 7. The number of rotatable bonds is 8. The molecule has 1 atom stereocenters. The molecule has 0 aliphatic carbocycles. The van der Waals surface area contributed by atoms with Gasteiger partial charge in [0.05, 0.1) is 40.1 Å². The van der Waals surface area contributed by atoms with Gasteiger partial charge in [-0.15, -0.1) is 0 Å². The van der Waals surface area contributed by atoms with Crippen molar-refractivity contribution in [2.24, 2.45) is 10.2 Å². The second-order valence-corrected chi connectivity index (χ2v) is 10.9. The molecule has 1 aliphatic rings. The fraction of sp³-hybridized carbons (Fsp3) is 0.250. The molecule has 0 bridgehead atoms. The number of hydrogen-bond donors (Lipinski definition) is 2.